The van der Waals surface area contributed by atoms with E-state index in [-0.39, 0.29) is 16.9 Å². The number of benzene rings is 2. The van der Waals surface area contributed by atoms with Gasteiger partial charge in [0.25, 0.3) is 0 Å². The first kappa shape index (κ1) is 12.5. The molecule has 0 saturated carbocycles. The monoisotopic (exact) mass is 279 g/mol. The van der Waals surface area contributed by atoms with E-state index in [0.717, 1.165) is 12.1 Å². The zero-order chi connectivity index (χ0) is 14.3. The summed E-state index contributed by atoms with van der Waals surface area (Å²) in [5.41, 5.74) is 0.397. The van der Waals surface area contributed by atoms with Crippen molar-refractivity contribution in [2.45, 2.75) is 6.18 Å². The lowest BCUT2D eigenvalue weighted by Gasteiger charge is -2.10. The second kappa shape index (κ2) is 4.26. The molecule has 3 rings (SSSR count). The summed E-state index contributed by atoms with van der Waals surface area (Å²) < 4.78 is 43.3. The number of halogens is 3. The average Bonchev–Trinajstić information content (AvgIpc) is 2.86. The molecule has 1 heterocycles. The van der Waals surface area contributed by atoms with Gasteiger partial charge < -0.3 is 9.52 Å². The van der Waals surface area contributed by atoms with Crippen LogP contribution in [-0.4, -0.2) is 10.1 Å². The average molecular weight is 279 g/mol. The Morgan fingerprint density at radius 1 is 1.10 bits per heavy atom. The fourth-order valence-electron chi connectivity index (χ4n) is 2.06. The molecule has 3 aromatic rings. The molecule has 0 atom stereocenters. The van der Waals surface area contributed by atoms with Gasteiger partial charge in [-0.2, -0.15) is 13.2 Å². The van der Waals surface area contributed by atoms with Gasteiger partial charge in [-0.1, -0.05) is 12.1 Å². The summed E-state index contributed by atoms with van der Waals surface area (Å²) in [6, 6.07) is 7.60. The van der Waals surface area contributed by atoms with Crippen LogP contribution in [0.3, 0.4) is 0 Å². The maximum absolute atomic E-state index is 12.7. The van der Waals surface area contributed by atoms with Gasteiger partial charge in [0.2, 0.25) is 0 Å². The van der Waals surface area contributed by atoms with E-state index in [2.05, 4.69) is 4.98 Å². The third kappa shape index (κ3) is 1.99. The van der Waals surface area contributed by atoms with Gasteiger partial charge in [0.05, 0.1) is 11.1 Å². The predicted octanol–water partition coefficient (Wildman–Crippen LogP) is 4.22. The second-order valence-corrected chi connectivity index (χ2v) is 4.24. The molecule has 1 N–H and O–H groups in total. The van der Waals surface area contributed by atoms with E-state index < -0.39 is 11.7 Å². The van der Waals surface area contributed by atoms with Crippen molar-refractivity contribution >= 4 is 11.1 Å². The molecule has 102 valence electrons. The van der Waals surface area contributed by atoms with Crippen molar-refractivity contribution in [3.63, 3.8) is 0 Å². The van der Waals surface area contributed by atoms with Crippen LogP contribution in [0.2, 0.25) is 0 Å². The maximum Gasteiger partial charge on any atom is 0.416 e. The van der Waals surface area contributed by atoms with Gasteiger partial charge in [0.1, 0.15) is 11.3 Å². The fourth-order valence-corrected chi connectivity index (χ4v) is 2.06. The first-order chi connectivity index (χ1) is 9.47. The van der Waals surface area contributed by atoms with Crippen LogP contribution in [0.4, 0.5) is 13.2 Å². The molecule has 0 aliphatic carbocycles. The number of alkyl halides is 3. The van der Waals surface area contributed by atoms with E-state index in [0.29, 0.717) is 11.1 Å². The molecule has 0 unspecified atom stereocenters. The molecule has 0 bridgehead atoms. The van der Waals surface area contributed by atoms with Crippen LogP contribution in [0.5, 0.6) is 5.75 Å². The van der Waals surface area contributed by atoms with Crippen molar-refractivity contribution in [2.24, 2.45) is 0 Å². The summed E-state index contributed by atoms with van der Waals surface area (Å²) in [6.45, 7) is 0. The van der Waals surface area contributed by atoms with Gasteiger partial charge >= 0.3 is 6.18 Å². The Balaban J connectivity index is 2.26. The number of oxazole rings is 1. The lowest BCUT2D eigenvalue weighted by Crippen LogP contribution is -2.04. The zero-order valence-electron chi connectivity index (χ0n) is 9.98. The highest BCUT2D eigenvalue weighted by Gasteiger charge is 2.30. The van der Waals surface area contributed by atoms with E-state index in [1.54, 1.807) is 0 Å². The molecule has 20 heavy (non-hydrogen) atoms. The minimum absolute atomic E-state index is 0.147. The summed E-state index contributed by atoms with van der Waals surface area (Å²) >= 11 is 0. The van der Waals surface area contributed by atoms with Crippen molar-refractivity contribution in [1.82, 2.24) is 4.98 Å². The van der Waals surface area contributed by atoms with Gasteiger partial charge in [0.15, 0.2) is 12.0 Å². The quantitative estimate of drug-likeness (QED) is 0.725. The highest BCUT2D eigenvalue weighted by Crippen LogP contribution is 2.38. The molecule has 0 aliphatic rings. The molecule has 0 saturated heterocycles. The Bertz CT molecular complexity index is 777. The van der Waals surface area contributed by atoms with Crippen LogP contribution in [0.25, 0.3) is 22.2 Å². The summed E-state index contributed by atoms with van der Waals surface area (Å²) in [6.07, 6.45) is -3.26. The Hall–Kier alpha value is -2.50. The van der Waals surface area contributed by atoms with Crippen molar-refractivity contribution in [3.8, 4) is 16.9 Å². The standard InChI is InChI=1S/C14H8F3NO2/c15-14(16,17)9-3-1-2-8(6-9)12-10(19)4-5-11-13(12)18-7-20-11/h1-7,19H. The third-order valence-electron chi connectivity index (χ3n) is 2.96. The van der Waals surface area contributed by atoms with Crippen molar-refractivity contribution < 1.29 is 22.7 Å². The fraction of sp³-hybridized carbons (Fsp3) is 0.0714. The molecule has 0 radical (unpaired) electrons. The Morgan fingerprint density at radius 2 is 1.90 bits per heavy atom. The Morgan fingerprint density at radius 3 is 2.65 bits per heavy atom. The van der Waals surface area contributed by atoms with Crippen molar-refractivity contribution in [2.75, 3.05) is 0 Å². The number of hydrogen-bond acceptors (Lipinski definition) is 3. The molecule has 3 nitrogen and oxygen atoms in total. The Kier molecular flexibility index (Phi) is 2.67. The summed E-state index contributed by atoms with van der Waals surface area (Å²) in [4.78, 5) is 3.94. The molecule has 6 heteroatoms. The summed E-state index contributed by atoms with van der Waals surface area (Å²) in [7, 11) is 0. The number of rotatable bonds is 1. The number of fused-ring (bicyclic) bond motifs is 1. The number of phenolic OH excluding ortho intramolecular Hbond substituents is 1. The minimum atomic E-state index is -4.44. The van der Waals surface area contributed by atoms with Crippen LogP contribution < -0.4 is 0 Å². The van der Waals surface area contributed by atoms with Crippen LogP contribution in [0.1, 0.15) is 5.56 Å². The summed E-state index contributed by atoms with van der Waals surface area (Å²) in [5, 5.41) is 9.91. The number of aromatic hydroxyl groups is 1. The van der Waals surface area contributed by atoms with E-state index in [4.69, 9.17) is 4.42 Å². The Labute approximate surface area is 111 Å². The van der Waals surface area contributed by atoms with E-state index in [1.807, 2.05) is 0 Å². The van der Waals surface area contributed by atoms with Gasteiger partial charge in [-0.15, -0.1) is 0 Å². The molecule has 0 aliphatic heterocycles. The van der Waals surface area contributed by atoms with Crippen LogP contribution in [0.15, 0.2) is 47.2 Å². The smallest absolute Gasteiger partial charge is 0.416 e. The molecular weight excluding hydrogens is 271 g/mol. The van der Waals surface area contributed by atoms with Crippen molar-refractivity contribution in [3.05, 3.63) is 48.4 Å². The molecule has 2 aromatic carbocycles. The lowest BCUT2D eigenvalue weighted by molar-refractivity contribution is -0.137. The van der Waals surface area contributed by atoms with Gasteiger partial charge in [-0.25, -0.2) is 4.98 Å². The first-order valence-electron chi connectivity index (χ1n) is 5.69. The zero-order valence-corrected chi connectivity index (χ0v) is 9.98. The first-order valence-corrected chi connectivity index (χ1v) is 5.69. The SMILES string of the molecule is Oc1ccc2ocnc2c1-c1cccc(C(F)(F)F)c1. The van der Waals surface area contributed by atoms with Gasteiger partial charge in [0, 0.05) is 0 Å². The molecule has 0 fully saturated rings. The van der Waals surface area contributed by atoms with Crippen LogP contribution in [-0.2, 0) is 6.18 Å². The van der Waals surface area contributed by atoms with Crippen LogP contribution >= 0.6 is 0 Å². The van der Waals surface area contributed by atoms with Crippen LogP contribution in [0, 0.1) is 0 Å². The molecule has 0 spiro atoms. The summed E-state index contributed by atoms with van der Waals surface area (Å²) in [5.74, 6) is -0.147. The molecule has 0 amide bonds. The highest BCUT2D eigenvalue weighted by atomic mass is 19.4. The van der Waals surface area contributed by atoms with E-state index >= 15 is 0 Å². The number of aromatic nitrogens is 1. The normalized spacial score (nSPS) is 11.9. The van der Waals surface area contributed by atoms with Gasteiger partial charge in [-0.3, -0.25) is 0 Å². The van der Waals surface area contributed by atoms with E-state index in [1.165, 1.54) is 30.7 Å². The van der Waals surface area contributed by atoms with Gasteiger partial charge in [-0.05, 0) is 29.8 Å². The molecule has 1 aromatic heterocycles. The number of hydrogen-bond donors (Lipinski definition) is 1. The maximum atomic E-state index is 12.7. The number of phenols is 1. The molecular formula is C14H8F3NO2. The van der Waals surface area contributed by atoms with E-state index in [9.17, 15) is 18.3 Å². The highest BCUT2D eigenvalue weighted by molar-refractivity contribution is 5.94. The minimum Gasteiger partial charge on any atom is -0.507 e. The number of nitrogens with zero attached hydrogens (tertiary/aromatic N) is 1. The largest absolute Gasteiger partial charge is 0.507 e. The van der Waals surface area contributed by atoms with Crippen molar-refractivity contribution in [1.29, 1.82) is 0 Å². The third-order valence-corrected chi connectivity index (χ3v) is 2.96. The second-order valence-electron chi connectivity index (χ2n) is 4.24. The lowest BCUT2D eigenvalue weighted by atomic mass is 10.0. The predicted molar refractivity (Wildman–Crippen MR) is 66.1 cm³/mol. The topological polar surface area (TPSA) is 46.3 Å².